The second kappa shape index (κ2) is 6.15. The zero-order valence-electron chi connectivity index (χ0n) is 9.06. The quantitative estimate of drug-likeness (QED) is 0.613. The van der Waals surface area contributed by atoms with Gasteiger partial charge in [-0.2, -0.15) is 0 Å². The molecule has 4 heteroatoms. The van der Waals surface area contributed by atoms with Gasteiger partial charge in [0.15, 0.2) is 0 Å². The number of nitrogens with one attached hydrogen (secondary N) is 1. The number of hydrazine groups is 1. The third-order valence-corrected chi connectivity index (χ3v) is 4.42. The molecule has 2 aromatic heterocycles. The molecular weight excluding hydrogens is 236 g/mol. The lowest BCUT2D eigenvalue weighted by atomic mass is 10.1. The van der Waals surface area contributed by atoms with Gasteiger partial charge in [-0.15, -0.1) is 22.7 Å². The van der Waals surface area contributed by atoms with Crippen LogP contribution in [0.25, 0.3) is 0 Å². The lowest BCUT2D eigenvalue weighted by Crippen LogP contribution is -2.36. The molecule has 0 saturated carbocycles. The number of hydrogen-bond acceptors (Lipinski definition) is 4. The molecule has 0 aliphatic rings. The van der Waals surface area contributed by atoms with Gasteiger partial charge in [-0.1, -0.05) is 12.1 Å². The van der Waals surface area contributed by atoms with E-state index in [1.807, 2.05) is 11.3 Å². The number of nitrogens with two attached hydrogens (primary N) is 1. The summed E-state index contributed by atoms with van der Waals surface area (Å²) >= 11 is 3.61. The maximum absolute atomic E-state index is 5.59. The average Bonchev–Trinajstić information content (AvgIpc) is 2.97. The fourth-order valence-electron chi connectivity index (χ4n) is 1.69. The Balaban J connectivity index is 1.81. The van der Waals surface area contributed by atoms with Gasteiger partial charge in [0.1, 0.15) is 0 Å². The lowest BCUT2D eigenvalue weighted by Gasteiger charge is -2.14. The molecule has 86 valence electrons. The summed E-state index contributed by atoms with van der Waals surface area (Å²) in [4.78, 5) is 2.83. The first-order chi connectivity index (χ1) is 7.88. The van der Waals surface area contributed by atoms with Crippen LogP contribution in [0.3, 0.4) is 0 Å². The van der Waals surface area contributed by atoms with Gasteiger partial charge >= 0.3 is 0 Å². The van der Waals surface area contributed by atoms with Crippen LogP contribution in [-0.4, -0.2) is 6.04 Å². The average molecular weight is 252 g/mol. The molecule has 0 aliphatic carbocycles. The van der Waals surface area contributed by atoms with Gasteiger partial charge < -0.3 is 0 Å². The Labute approximate surface area is 104 Å². The first-order valence-corrected chi connectivity index (χ1v) is 7.15. The normalized spacial score (nSPS) is 12.8. The molecule has 0 saturated heterocycles. The summed E-state index contributed by atoms with van der Waals surface area (Å²) in [6.07, 6.45) is 3.23. The maximum Gasteiger partial charge on any atom is 0.0262 e. The molecule has 0 bridgehead atoms. The number of hydrogen-bond donors (Lipinski definition) is 2. The summed E-state index contributed by atoms with van der Waals surface area (Å²) < 4.78 is 0. The highest BCUT2D eigenvalue weighted by Gasteiger charge is 2.08. The third kappa shape index (κ3) is 3.42. The Morgan fingerprint density at radius 1 is 1.12 bits per heavy atom. The molecule has 16 heavy (non-hydrogen) atoms. The van der Waals surface area contributed by atoms with Gasteiger partial charge in [0.05, 0.1) is 0 Å². The first-order valence-electron chi connectivity index (χ1n) is 5.39. The fourth-order valence-corrected chi connectivity index (χ4v) is 3.20. The summed E-state index contributed by atoms with van der Waals surface area (Å²) in [5.74, 6) is 5.59. The number of thiophene rings is 2. The van der Waals surface area contributed by atoms with Crippen molar-refractivity contribution in [3.63, 3.8) is 0 Å². The minimum Gasteiger partial charge on any atom is -0.271 e. The smallest absolute Gasteiger partial charge is 0.0262 e. The second-order valence-corrected chi connectivity index (χ2v) is 5.83. The van der Waals surface area contributed by atoms with Crippen molar-refractivity contribution >= 4 is 22.7 Å². The molecule has 3 N–H and O–H groups in total. The van der Waals surface area contributed by atoms with E-state index in [9.17, 15) is 0 Å². The fraction of sp³-hybridized carbons (Fsp3) is 0.333. The van der Waals surface area contributed by atoms with Crippen molar-refractivity contribution in [1.29, 1.82) is 0 Å². The van der Waals surface area contributed by atoms with Crippen molar-refractivity contribution in [3.8, 4) is 0 Å². The van der Waals surface area contributed by atoms with E-state index in [2.05, 4.69) is 40.5 Å². The van der Waals surface area contributed by atoms with E-state index in [-0.39, 0.29) is 0 Å². The van der Waals surface area contributed by atoms with Crippen LogP contribution in [-0.2, 0) is 12.8 Å². The third-order valence-electron chi connectivity index (χ3n) is 2.58. The number of aryl methyl sites for hydroxylation is 1. The van der Waals surface area contributed by atoms with Gasteiger partial charge in [-0.25, -0.2) is 0 Å². The van der Waals surface area contributed by atoms with E-state index < -0.39 is 0 Å². The predicted molar refractivity (Wildman–Crippen MR) is 71.8 cm³/mol. The van der Waals surface area contributed by atoms with Gasteiger partial charge in [-0.05, 0) is 42.2 Å². The molecule has 1 unspecified atom stereocenters. The Hall–Kier alpha value is -0.680. The summed E-state index contributed by atoms with van der Waals surface area (Å²) in [5, 5.41) is 4.24. The topological polar surface area (TPSA) is 38.0 Å². The van der Waals surface area contributed by atoms with Crippen LogP contribution in [0.15, 0.2) is 35.0 Å². The highest BCUT2D eigenvalue weighted by molar-refractivity contribution is 7.10. The first kappa shape index (κ1) is 11.8. The largest absolute Gasteiger partial charge is 0.271 e. The summed E-state index contributed by atoms with van der Waals surface area (Å²) in [6.45, 7) is 0. The van der Waals surface area contributed by atoms with Gasteiger partial charge in [0, 0.05) is 15.8 Å². The Morgan fingerprint density at radius 3 is 2.38 bits per heavy atom. The van der Waals surface area contributed by atoms with Gasteiger partial charge in [-0.3, -0.25) is 11.3 Å². The Kier molecular flexibility index (Phi) is 4.54. The molecule has 2 nitrogen and oxygen atoms in total. The van der Waals surface area contributed by atoms with Crippen molar-refractivity contribution in [1.82, 2.24) is 5.43 Å². The summed E-state index contributed by atoms with van der Waals surface area (Å²) in [7, 11) is 0. The van der Waals surface area contributed by atoms with Gasteiger partial charge in [0.2, 0.25) is 0 Å². The van der Waals surface area contributed by atoms with Gasteiger partial charge in [0.25, 0.3) is 0 Å². The molecule has 0 fully saturated rings. The molecule has 0 aliphatic heterocycles. The lowest BCUT2D eigenvalue weighted by molar-refractivity contribution is 0.495. The van der Waals surface area contributed by atoms with Crippen LogP contribution in [0.1, 0.15) is 16.2 Å². The standard InChI is InChI=1S/C12H16N2S2/c13-14-10(9-12-4-2-8-16-12)5-6-11-3-1-7-15-11/h1-4,7-8,10,14H,5-6,9,13H2. The van der Waals surface area contributed by atoms with Crippen LogP contribution >= 0.6 is 22.7 Å². The zero-order valence-corrected chi connectivity index (χ0v) is 10.7. The van der Waals surface area contributed by atoms with Crippen molar-refractivity contribution in [2.75, 3.05) is 0 Å². The van der Waals surface area contributed by atoms with Crippen molar-refractivity contribution in [2.24, 2.45) is 5.84 Å². The minimum absolute atomic E-state index is 0.376. The second-order valence-electron chi connectivity index (χ2n) is 3.77. The minimum atomic E-state index is 0.376. The summed E-state index contributed by atoms with van der Waals surface area (Å²) in [6, 6.07) is 8.92. The van der Waals surface area contributed by atoms with E-state index in [1.54, 1.807) is 11.3 Å². The van der Waals surface area contributed by atoms with Crippen LogP contribution in [0, 0.1) is 0 Å². The molecule has 1 atom stereocenters. The highest BCUT2D eigenvalue weighted by Crippen LogP contribution is 2.16. The zero-order chi connectivity index (χ0) is 11.2. The molecule has 0 amide bonds. The van der Waals surface area contributed by atoms with Crippen LogP contribution in [0.5, 0.6) is 0 Å². The van der Waals surface area contributed by atoms with Crippen molar-refractivity contribution < 1.29 is 0 Å². The van der Waals surface area contributed by atoms with E-state index in [1.165, 1.54) is 9.75 Å². The molecular formula is C12H16N2S2. The van der Waals surface area contributed by atoms with E-state index in [4.69, 9.17) is 5.84 Å². The molecule has 0 aromatic carbocycles. The maximum atomic E-state index is 5.59. The molecule has 2 aromatic rings. The SMILES string of the molecule is NNC(CCc1cccs1)Cc1cccs1. The summed E-state index contributed by atoms with van der Waals surface area (Å²) in [5.41, 5.74) is 2.91. The Morgan fingerprint density at radius 2 is 1.81 bits per heavy atom. The highest BCUT2D eigenvalue weighted by atomic mass is 32.1. The van der Waals surface area contributed by atoms with Crippen LogP contribution in [0.4, 0.5) is 0 Å². The number of rotatable bonds is 6. The van der Waals surface area contributed by atoms with Crippen LogP contribution < -0.4 is 11.3 Å². The monoisotopic (exact) mass is 252 g/mol. The van der Waals surface area contributed by atoms with Crippen molar-refractivity contribution in [3.05, 3.63) is 44.8 Å². The van der Waals surface area contributed by atoms with E-state index in [0.717, 1.165) is 19.3 Å². The van der Waals surface area contributed by atoms with E-state index >= 15 is 0 Å². The van der Waals surface area contributed by atoms with Crippen LogP contribution in [0.2, 0.25) is 0 Å². The predicted octanol–water partition coefficient (Wildman–Crippen LogP) is 2.82. The molecule has 0 radical (unpaired) electrons. The molecule has 2 heterocycles. The van der Waals surface area contributed by atoms with Crippen molar-refractivity contribution in [2.45, 2.75) is 25.3 Å². The molecule has 2 rings (SSSR count). The molecule has 0 spiro atoms. The Bertz CT molecular complexity index is 381. The van der Waals surface area contributed by atoms with E-state index in [0.29, 0.717) is 6.04 Å².